The highest BCUT2D eigenvalue weighted by atomic mass is 31.2. The van der Waals surface area contributed by atoms with Gasteiger partial charge in [0.15, 0.2) is 0 Å². The molecule has 0 aliphatic carbocycles. The Bertz CT molecular complexity index is 1080. The first kappa shape index (κ1) is 49.9. The van der Waals surface area contributed by atoms with Gasteiger partial charge in [-0.25, -0.2) is 4.57 Å². The number of nitrogens with one attached hydrogen (secondary N) is 1. The van der Waals surface area contributed by atoms with Crippen molar-refractivity contribution in [1.82, 2.24) is 5.32 Å². The van der Waals surface area contributed by atoms with Crippen LogP contribution in [0.25, 0.3) is 0 Å². The van der Waals surface area contributed by atoms with Crippen LogP contribution in [-0.4, -0.2) is 73.4 Å². The van der Waals surface area contributed by atoms with Crippen LogP contribution >= 0.6 is 7.82 Å². The summed E-state index contributed by atoms with van der Waals surface area (Å²) in [5.41, 5.74) is 0. The quantitative estimate of drug-likeness (QED) is 0.0258. The van der Waals surface area contributed by atoms with Crippen LogP contribution in [0.1, 0.15) is 142 Å². The number of phosphoric acid groups is 1. The highest BCUT2D eigenvalue weighted by Crippen LogP contribution is 2.43. The Morgan fingerprint density at radius 1 is 0.654 bits per heavy atom. The minimum Gasteiger partial charge on any atom is -0.387 e. The molecule has 0 aliphatic heterocycles. The molecule has 0 aromatic heterocycles. The lowest BCUT2D eigenvalue weighted by atomic mass is 10.1. The summed E-state index contributed by atoms with van der Waals surface area (Å²) in [6.45, 7) is 4.66. The van der Waals surface area contributed by atoms with Gasteiger partial charge in [0.05, 0.1) is 39.9 Å². The predicted octanol–water partition coefficient (Wildman–Crippen LogP) is 10.9. The Kier molecular flexibility index (Phi) is 33.3. The smallest absolute Gasteiger partial charge is 0.387 e. The van der Waals surface area contributed by atoms with Gasteiger partial charge < -0.3 is 19.8 Å². The van der Waals surface area contributed by atoms with Gasteiger partial charge in [-0.2, -0.15) is 0 Å². The average molecular weight is 750 g/mol. The minimum absolute atomic E-state index is 0.0420. The fourth-order valence-electron chi connectivity index (χ4n) is 5.11. The molecule has 9 heteroatoms. The van der Waals surface area contributed by atoms with Gasteiger partial charge in [0.25, 0.3) is 0 Å². The van der Waals surface area contributed by atoms with Crippen molar-refractivity contribution in [3.63, 3.8) is 0 Å². The zero-order chi connectivity index (χ0) is 38.6. The summed E-state index contributed by atoms with van der Waals surface area (Å²) in [7, 11) is 1.50. The van der Waals surface area contributed by atoms with Crippen LogP contribution < -0.4 is 5.32 Å². The molecular weight excluding hydrogens is 671 g/mol. The van der Waals surface area contributed by atoms with Gasteiger partial charge in [-0.05, 0) is 70.6 Å². The van der Waals surface area contributed by atoms with Gasteiger partial charge in [-0.15, -0.1) is 0 Å². The van der Waals surface area contributed by atoms with E-state index >= 15 is 0 Å². The normalized spacial score (nSPS) is 15.3. The number of carbonyl (C=O) groups is 1. The van der Waals surface area contributed by atoms with Crippen molar-refractivity contribution >= 4 is 13.7 Å². The first-order valence-corrected chi connectivity index (χ1v) is 21.8. The topological polar surface area (TPSA) is 105 Å². The standard InChI is InChI=1S/C43H77N2O6P/c1-6-8-10-12-14-16-17-18-19-20-21-22-23-24-25-26-27-29-31-33-35-37-43(47)44-41(40-51-52(48,49)50-39-38-45(3,4)5)42(46)36-34-32-30-28-15-13-11-9-7-2/h15,19-20,22-23,25-26,28-29,31,34,36,41-42,46H,6-14,16-18,21,24,27,30,32-33,35,37-40H2,1-5H3,(H-,44,47,48,49)/p+1/b20-19+,23-22+,26-25+,28-15+,31-29+,36-34+/t41-,42+/m0/s1. The lowest BCUT2D eigenvalue weighted by molar-refractivity contribution is -0.870. The SMILES string of the molecule is CCCCC/C=C/CC/C=C/[C@@H](O)[C@H](COP(=O)(O)OCC[N+](C)(C)C)NC(=O)CCC/C=C/C/C=C/C/C=C/C/C=C/CCCCCCCCC. The number of hydrogen-bond acceptors (Lipinski definition) is 5. The Balaban J connectivity index is 4.52. The molecule has 0 aromatic rings. The molecule has 0 fully saturated rings. The van der Waals surface area contributed by atoms with E-state index in [0.717, 1.165) is 44.9 Å². The molecule has 0 saturated carbocycles. The molecule has 0 radical (unpaired) electrons. The van der Waals surface area contributed by atoms with Crippen molar-refractivity contribution < 1.29 is 32.9 Å². The number of rotatable bonds is 35. The maximum atomic E-state index is 12.8. The number of aliphatic hydroxyl groups excluding tert-OH is 1. The maximum Gasteiger partial charge on any atom is 0.472 e. The molecule has 52 heavy (non-hydrogen) atoms. The third-order valence-electron chi connectivity index (χ3n) is 8.40. The highest BCUT2D eigenvalue weighted by Gasteiger charge is 2.27. The second-order valence-electron chi connectivity index (χ2n) is 14.6. The second-order valence-corrected chi connectivity index (χ2v) is 16.1. The third-order valence-corrected chi connectivity index (χ3v) is 9.38. The number of hydrogen-bond donors (Lipinski definition) is 3. The fourth-order valence-corrected chi connectivity index (χ4v) is 5.84. The largest absolute Gasteiger partial charge is 0.472 e. The van der Waals surface area contributed by atoms with Crippen molar-refractivity contribution in [1.29, 1.82) is 0 Å². The van der Waals surface area contributed by atoms with Crippen LogP contribution in [-0.2, 0) is 18.4 Å². The van der Waals surface area contributed by atoms with E-state index in [2.05, 4.69) is 79.9 Å². The molecule has 0 spiro atoms. The molecule has 300 valence electrons. The second kappa shape index (κ2) is 34.7. The monoisotopic (exact) mass is 750 g/mol. The lowest BCUT2D eigenvalue weighted by Crippen LogP contribution is -2.45. The number of nitrogens with zero attached hydrogens (tertiary/aromatic N) is 1. The number of allylic oxidation sites excluding steroid dienone is 11. The molecule has 1 amide bonds. The molecular formula is C43H78N2O6P+. The van der Waals surface area contributed by atoms with Crippen molar-refractivity contribution in [2.24, 2.45) is 0 Å². The van der Waals surface area contributed by atoms with Crippen LogP contribution in [0, 0.1) is 0 Å². The molecule has 0 saturated heterocycles. The van der Waals surface area contributed by atoms with Gasteiger partial charge in [-0.3, -0.25) is 13.8 Å². The van der Waals surface area contributed by atoms with E-state index in [1.54, 1.807) is 6.08 Å². The summed E-state index contributed by atoms with van der Waals surface area (Å²) in [4.78, 5) is 22.9. The number of amides is 1. The first-order chi connectivity index (χ1) is 25.0. The molecule has 0 aliphatic rings. The molecule has 8 nitrogen and oxygen atoms in total. The zero-order valence-corrected chi connectivity index (χ0v) is 34.7. The van der Waals surface area contributed by atoms with Crippen molar-refractivity contribution in [2.75, 3.05) is 40.9 Å². The van der Waals surface area contributed by atoms with E-state index in [4.69, 9.17) is 9.05 Å². The number of quaternary nitrogens is 1. The Hall–Kier alpha value is -2.06. The lowest BCUT2D eigenvalue weighted by Gasteiger charge is -2.25. The number of carbonyl (C=O) groups excluding carboxylic acids is 1. The summed E-state index contributed by atoms with van der Waals surface area (Å²) < 4.78 is 23.4. The summed E-state index contributed by atoms with van der Waals surface area (Å²) >= 11 is 0. The van der Waals surface area contributed by atoms with E-state index in [0.29, 0.717) is 17.4 Å². The molecule has 3 atom stereocenters. The van der Waals surface area contributed by atoms with E-state index < -0.39 is 20.0 Å². The molecule has 3 N–H and O–H groups in total. The van der Waals surface area contributed by atoms with Crippen molar-refractivity contribution in [3.05, 3.63) is 72.9 Å². The fraction of sp³-hybridized carbons (Fsp3) is 0.698. The number of aliphatic hydroxyl groups is 1. The molecule has 1 unspecified atom stereocenters. The Morgan fingerprint density at radius 3 is 1.71 bits per heavy atom. The van der Waals surface area contributed by atoms with Crippen LogP contribution in [0.15, 0.2) is 72.9 Å². The number of unbranched alkanes of at least 4 members (excludes halogenated alkanes) is 12. The van der Waals surface area contributed by atoms with Gasteiger partial charge in [0.2, 0.25) is 5.91 Å². The number of phosphoric ester groups is 1. The number of likely N-dealkylation sites (N-methyl/N-ethyl adjacent to an activating group) is 1. The van der Waals surface area contributed by atoms with Crippen LogP contribution in [0.4, 0.5) is 0 Å². The van der Waals surface area contributed by atoms with E-state index in [-0.39, 0.29) is 25.5 Å². The molecule has 0 rings (SSSR count). The van der Waals surface area contributed by atoms with Crippen LogP contribution in [0.3, 0.4) is 0 Å². The van der Waals surface area contributed by atoms with E-state index in [9.17, 15) is 19.4 Å². The van der Waals surface area contributed by atoms with Crippen molar-refractivity contribution in [2.45, 2.75) is 154 Å². The highest BCUT2D eigenvalue weighted by molar-refractivity contribution is 7.47. The first-order valence-electron chi connectivity index (χ1n) is 20.3. The summed E-state index contributed by atoms with van der Waals surface area (Å²) in [6.07, 6.45) is 45.7. The molecule has 0 bridgehead atoms. The zero-order valence-electron chi connectivity index (χ0n) is 33.8. The van der Waals surface area contributed by atoms with Crippen LogP contribution in [0.2, 0.25) is 0 Å². The van der Waals surface area contributed by atoms with Gasteiger partial charge in [-0.1, -0.05) is 138 Å². The maximum absolute atomic E-state index is 12.8. The van der Waals surface area contributed by atoms with Crippen LogP contribution in [0.5, 0.6) is 0 Å². The van der Waals surface area contributed by atoms with Crippen molar-refractivity contribution in [3.8, 4) is 0 Å². The van der Waals surface area contributed by atoms with Gasteiger partial charge in [0.1, 0.15) is 13.2 Å². The average Bonchev–Trinajstić information content (AvgIpc) is 3.09. The molecule has 0 aromatic carbocycles. The summed E-state index contributed by atoms with van der Waals surface area (Å²) in [5, 5.41) is 13.6. The third kappa shape index (κ3) is 36.3. The Morgan fingerprint density at radius 2 is 1.12 bits per heavy atom. The summed E-state index contributed by atoms with van der Waals surface area (Å²) in [5.74, 6) is -0.248. The van der Waals surface area contributed by atoms with E-state index in [1.165, 1.54) is 70.6 Å². The Labute approximate surface area is 319 Å². The predicted molar refractivity (Wildman–Crippen MR) is 221 cm³/mol. The van der Waals surface area contributed by atoms with Gasteiger partial charge >= 0.3 is 7.82 Å². The van der Waals surface area contributed by atoms with E-state index in [1.807, 2.05) is 27.2 Å². The minimum atomic E-state index is -4.35. The van der Waals surface area contributed by atoms with Gasteiger partial charge in [0, 0.05) is 6.42 Å². The summed E-state index contributed by atoms with van der Waals surface area (Å²) in [6, 6.07) is -0.892. The molecule has 0 heterocycles.